The van der Waals surface area contributed by atoms with Crippen LogP contribution >= 0.6 is 11.6 Å². The van der Waals surface area contributed by atoms with E-state index in [0.717, 1.165) is 12.0 Å². The summed E-state index contributed by atoms with van der Waals surface area (Å²) in [6.07, 6.45) is 0.977. The minimum Gasteiger partial charge on any atom is -0.324 e. The molecule has 6 nitrogen and oxygen atoms in total. The normalized spacial score (nSPS) is 10.6. The zero-order chi connectivity index (χ0) is 16.9. The van der Waals surface area contributed by atoms with Gasteiger partial charge >= 0.3 is 0 Å². The number of hydrogen-bond acceptors (Lipinski definition) is 4. The summed E-state index contributed by atoms with van der Waals surface area (Å²) < 4.78 is 0. The minimum absolute atomic E-state index is 0.0112. The van der Waals surface area contributed by atoms with Crippen LogP contribution in [0.3, 0.4) is 0 Å². The number of hydrogen-bond donors (Lipinski definition) is 1. The molecule has 1 N–H and O–H groups in total. The van der Waals surface area contributed by atoms with E-state index in [1.165, 1.54) is 10.4 Å². The molecule has 3 rings (SSSR count). The molecular formula is C17H16ClN5O. The fourth-order valence-electron chi connectivity index (χ4n) is 2.18. The fraction of sp³-hybridized carbons (Fsp3) is 0.176. The summed E-state index contributed by atoms with van der Waals surface area (Å²) in [6, 6.07) is 14.9. The van der Waals surface area contributed by atoms with Crippen molar-refractivity contribution in [3.63, 3.8) is 0 Å². The van der Waals surface area contributed by atoms with E-state index in [-0.39, 0.29) is 12.5 Å². The molecule has 1 aromatic heterocycles. The Bertz CT molecular complexity index is 827. The lowest BCUT2D eigenvalue weighted by atomic mass is 10.1. The van der Waals surface area contributed by atoms with Crippen molar-refractivity contribution in [3.05, 3.63) is 59.1 Å². The Balaban J connectivity index is 1.64. The molecule has 1 heterocycles. The van der Waals surface area contributed by atoms with Crippen molar-refractivity contribution in [2.75, 3.05) is 5.32 Å². The van der Waals surface area contributed by atoms with Crippen molar-refractivity contribution in [1.29, 1.82) is 0 Å². The smallest absolute Gasteiger partial charge is 0.248 e. The van der Waals surface area contributed by atoms with Gasteiger partial charge in [0.05, 0.1) is 0 Å². The molecule has 0 aliphatic rings. The number of carbonyl (C=O) groups excluding carboxylic acids is 1. The second-order valence-corrected chi connectivity index (χ2v) is 5.69. The Morgan fingerprint density at radius 2 is 1.83 bits per heavy atom. The molecule has 2 aromatic carbocycles. The van der Waals surface area contributed by atoms with Gasteiger partial charge in [-0.05, 0) is 41.5 Å². The van der Waals surface area contributed by atoms with Crippen LogP contribution in [0.2, 0.25) is 5.02 Å². The summed E-state index contributed by atoms with van der Waals surface area (Å²) in [7, 11) is 0. The standard InChI is InChI=1S/C17H16ClN5O/c1-2-12-3-5-13(6-4-12)17-20-22-23(21-17)11-16(24)19-15-9-7-14(18)8-10-15/h3-10H,2,11H2,1H3,(H,19,24). The average Bonchev–Trinajstić information content (AvgIpc) is 3.05. The van der Waals surface area contributed by atoms with Gasteiger partial charge in [0, 0.05) is 16.3 Å². The van der Waals surface area contributed by atoms with Crippen molar-refractivity contribution >= 4 is 23.2 Å². The zero-order valence-electron chi connectivity index (χ0n) is 13.1. The predicted molar refractivity (Wildman–Crippen MR) is 92.7 cm³/mol. The molecule has 122 valence electrons. The van der Waals surface area contributed by atoms with Gasteiger partial charge in [-0.25, -0.2) is 0 Å². The van der Waals surface area contributed by atoms with Crippen LogP contribution in [-0.2, 0) is 17.8 Å². The molecule has 24 heavy (non-hydrogen) atoms. The Morgan fingerprint density at radius 1 is 1.12 bits per heavy atom. The maximum absolute atomic E-state index is 12.0. The van der Waals surface area contributed by atoms with Gasteiger partial charge in [0.2, 0.25) is 11.7 Å². The second-order valence-electron chi connectivity index (χ2n) is 5.25. The lowest BCUT2D eigenvalue weighted by Crippen LogP contribution is -2.20. The SMILES string of the molecule is CCc1ccc(-c2nnn(CC(=O)Nc3ccc(Cl)cc3)n2)cc1. The van der Waals surface area contributed by atoms with E-state index in [9.17, 15) is 4.79 Å². The van der Waals surface area contributed by atoms with Gasteiger partial charge in [-0.3, -0.25) is 4.79 Å². The number of anilines is 1. The van der Waals surface area contributed by atoms with Crippen molar-refractivity contribution in [1.82, 2.24) is 20.2 Å². The minimum atomic E-state index is -0.234. The van der Waals surface area contributed by atoms with Crippen LogP contribution in [0.4, 0.5) is 5.69 Å². The topological polar surface area (TPSA) is 72.7 Å². The van der Waals surface area contributed by atoms with E-state index in [1.54, 1.807) is 24.3 Å². The summed E-state index contributed by atoms with van der Waals surface area (Å²) in [6.45, 7) is 2.09. The number of amides is 1. The van der Waals surface area contributed by atoms with Crippen LogP contribution in [0.5, 0.6) is 0 Å². The fourth-order valence-corrected chi connectivity index (χ4v) is 2.30. The van der Waals surface area contributed by atoms with E-state index in [0.29, 0.717) is 16.5 Å². The molecule has 0 unspecified atom stereocenters. The van der Waals surface area contributed by atoms with Crippen LogP contribution in [-0.4, -0.2) is 26.1 Å². The Labute approximate surface area is 144 Å². The third-order valence-corrected chi connectivity index (χ3v) is 3.74. The first-order valence-electron chi connectivity index (χ1n) is 7.56. The summed E-state index contributed by atoms with van der Waals surface area (Å²) >= 11 is 5.81. The maximum atomic E-state index is 12.0. The highest BCUT2D eigenvalue weighted by Gasteiger charge is 2.09. The number of nitrogens with one attached hydrogen (secondary N) is 1. The quantitative estimate of drug-likeness (QED) is 0.773. The molecule has 0 fully saturated rings. The van der Waals surface area contributed by atoms with E-state index in [2.05, 4.69) is 27.7 Å². The zero-order valence-corrected chi connectivity index (χ0v) is 13.9. The Morgan fingerprint density at radius 3 is 2.50 bits per heavy atom. The molecule has 0 aliphatic heterocycles. The summed E-state index contributed by atoms with van der Waals surface area (Å²) in [5.74, 6) is 0.263. The number of carbonyl (C=O) groups is 1. The molecule has 7 heteroatoms. The highest BCUT2D eigenvalue weighted by atomic mass is 35.5. The molecule has 0 spiro atoms. The number of benzene rings is 2. The van der Waals surface area contributed by atoms with Crippen molar-refractivity contribution < 1.29 is 4.79 Å². The largest absolute Gasteiger partial charge is 0.324 e. The summed E-state index contributed by atoms with van der Waals surface area (Å²) in [5, 5.41) is 15.5. The molecule has 0 aliphatic carbocycles. The van der Waals surface area contributed by atoms with Gasteiger partial charge in [-0.15, -0.1) is 10.2 Å². The lowest BCUT2D eigenvalue weighted by Gasteiger charge is -2.04. The first-order valence-corrected chi connectivity index (χ1v) is 7.94. The van der Waals surface area contributed by atoms with Crippen LogP contribution < -0.4 is 5.32 Å². The maximum Gasteiger partial charge on any atom is 0.248 e. The third kappa shape index (κ3) is 3.97. The molecule has 3 aromatic rings. The van der Waals surface area contributed by atoms with E-state index in [1.807, 2.05) is 24.3 Å². The highest BCUT2D eigenvalue weighted by molar-refractivity contribution is 6.30. The second kappa shape index (κ2) is 7.23. The number of aromatic nitrogens is 4. The molecule has 0 saturated heterocycles. The van der Waals surface area contributed by atoms with Crippen LogP contribution in [0.1, 0.15) is 12.5 Å². The molecule has 0 atom stereocenters. The van der Waals surface area contributed by atoms with Gasteiger partial charge in [0.1, 0.15) is 6.54 Å². The molecule has 0 bridgehead atoms. The Hall–Kier alpha value is -2.73. The van der Waals surface area contributed by atoms with Crippen LogP contribution in [0.25, 0.3) is 11.4 Å². The number of halogens is 1. The Kier molecular flexibility index (Phi) is 4.86. The molecular weight excluding hydrogens is 326 g/mol. The molecule has 0 radical (unpaired) electrons. The van der Waals surface area contributed by atoms with Gasteiger partial charge in [-0.2, -0.15) is 4.80 Å². The van der Waals surface area contributed by atoms with Crippen molar-refractivity contribution in [3.8, 4) is 11.4 Å². The number of aryl methyl sites for hydroxylation is 1. The third-order valence-electron chi connectivity index (χ3n) is 3.49. The predicted octanol–water partition coefficient (Wildman–Crippen LogP) is 3.19. The summed E-state index contributed by atoms with van der Waals surface area (Å²) in [5.41, 5.74) is 2.78. The average molecular weight is 342 g/mol. The highest BCUT2D eigenvalue weighted by Crippen LogP contribution is 2.15. The van der Waals surface area contributed by atoms with Crippen molar-refractivity contribution in [2.24, 2.45) is 0 Å². The van der Waals surface area contributed by atoms with Crippen molar-refractivity contribution in [2.45, 2.75) is 19.9 Å². The van der Waals surface area contributed by atoms with E-state index >= 15 is 0 Å². The number of rotatable bonds is 5. The lowest BCUT2D eigenvalue weighted by molar-refractivity contribution is -0.117. The van der Waals surface area contributed by atoms with E-state index in [4.69, 9.17) is 11.6 Å². The van der Waals surface area contributed by atoms with Crippen LogP contribution in [0.15, 0.2) is 48.5 Å². The summed E-state index contributed by atoms with van der Waals surface area (Å²) in [4.78, 5) is 13.3. The monoisotopic (exact) mass is 341 g/mol. The van der Waals surface area contributed by atoms with Gasteiger partial charge < -0.3 is 5.32 Å². The van der Waals surface area contributed by atoms with Gasteiger partial charge in [0.15, 0.2) is 0 Å². The first-order chi connectivity index (χ1) is 11.6. The molecule has 1 amide bonds. The van der Waals surface area contributed by atoms with Gasteiger partial charge in [0.25, 0.3) is 0 Å². The number of tetrazole rings is 1. The van der Waals surface area contributed by atoms with Gasteiger partial charge in [-0.1, -0.05) is 42.8 Å². The van der Waals surface area contributed by atoms with Crippen LogP contribution in [0, 0.1) is 0 Å². The van der Waals surface area contributed by atoms with E-state index < -0.39 is 0 Å². The number of nitrogens with zero attached hydrogens (tertiary/aromatic N) is 4. The first kappa shape index (κ1) is 16.1. The molecule has 0 saturated carbocycles.